The third-order valence-corrected chi connectivity index (χ3v) is 5.50. The maximum absolute atomic E-state index is 12.7. The van der Waals surface area contributed by atoms with Crippen LogP contribution in [0.3, 0.4) is 0 Å². The Kier molecular flexibility index (Phi) is 8.27. The molecule has 1 saturated heterocycles. The molecule has 0 radical (unpaired) electrons. The minimum Gasteiger partial charge on any atom is -0.348 e. The Labute approximate surface area is 195 Å². The molecule has 0 aliphatic carbocycles. The quantitative estimate of drug-likeness (QED) is 0.547. The van der Waals surface area contributed by atoms with E-state index in [1.807, 2.05) is 36.5 Å². The fraction of sp³-hybridized carbons (Fsp3) is 0.375. The second kappa shape index (κ2) is 11.1. The maximum Gasteiger partial charge on any atom is 0.405 e. The van der Waals surface area contributed by atoms with Gasteiger partial charge in [-0.05, 0) is 44.0 Å². The van der Waals surface area contributed by atoms with Crippen LogP contribution >= 0.6 is 0 Å². The highest BCUT2D eigenvalue weighted by Crippen LogP contribution is 2.20. The first kappa shape index (κ1) is 25.2. The van der Waals surface area contributed by atoms with Crippen molar-refractivity contribution >= 4 is 23.4 Å². The van der Waals surface area contributed by atoms with Gasteiger partial charge in [-0.15, -0.1) is 0 Å². The van der Waals surface area contributed by atoms with Gasteiger partial charge in [0.05, 0.1) is 23.8 Å². The number of likely N-dealkylation sites (tertiary alicyclic amines) is 1. The van der Waals surface area contributed by atoms with Gasteiger partial charge in [-0.25, -0.2) is 0 Å². The average molecular weight is 476 g/mol. The normalized spacial score (nSPS) is 16.2. The molecule has 0 spiro atoms. The molecule has 34 heavy (non-hydrogen) atoms. The summed E-state index contributed by atoms with van der Waals surface area (Å²) in [6.45, 7) is 1.12. The Morgan fingerprint density at radius 3 is 2.44 bits per heavy atom. The molecule has 3 amide bonds. The number of carbonyl (C=O) groups excluding carboxylic acids is 3. The number of hydrogen-bond acceptors (Lipinski definition) is 4. The number of alkyl halides is 3. The van der Waals surface area contributed by atoms with Gasteiger partial charge in [0.25, 0.3) is 5.91 Å². The Hall–Kier alpha value is -3.40. The van der Waals surface area contributed by atoms with Crippen LogP contribution in [0.25, 0.3) is 0 Å². The third kappa shape index (κ3) is 7.31. The number of nitrogens with one attached hydrogen (secondary N) is 3. The number of halogens is 3. The molecular weight excluding hydrogens is 449 g/mol. The van der Waals surface area contributed by atoms with Gasteiger partial charge < -0.3 is 16.0 Å². The summed E-state index contributed by atoms with van der Waals surface area (Å²) >= 11 is 0. The molecule has 10 heteroatoms. The van der Waals surface area contributed by atoms with Gasteiger partial charge in [0.15, 0.2) is 0 Å². The van der Waals surface area contributed by atoms with Crippen LogP contribution in [0.4, 0.5) is 18.9 Å². The Balaban J connectivity index is 1.58. The summed E-state index contributed by atoms with van der Waals surface area (Å²) in [4.78, 5) is 39.1. The van der Waals surface area contributed by atoms with Crippen LogP contribution in [0, 0.1) is 6.92 Å². The summed E-state index contributed by atoms with van der Waals surface area (Å²) in [5, 5.41) is 7.39. The first-order valence-corrected chi connectivity index (χ1v) is 10.9. The average Bonchev–Trinajstić information content (AvgIpc) is 3.24. The number of nitrogens with zero attached hydrogens (tertiary/aromatic N) is 1. The summed E-state index contributed by atoms with van der Waals surface area (Å²) in [7, 11) is 0. The molecule has 182 valence electrons. The zero-order valence-corrected chi connectivity index (χ0v) is 18.7. The molecule has 2 aromatic carbocycles. The van der Waals surface area contributed by atoms with Crippen molar-refractivity contribution in [1.82, 2.24) is 15.5 Å². The Morgan fingerprint density at radius 2 is 1.74 bits per heavy atom. The molecule has 1 atom stereocenters. The van der Waals surface area contributed by atoms with E-state index >= 15 is 0 Å². The van der Waals surface area contributed by atoms with Gasteiger partial charge in [0.2, 0.25) is 11.8 Å². The second-order valence-corrected chi connectivity index (χ2v) is 8.22. The zero-order chi connectivity index (χ0) is 24.7. The number of anilines is 1. The van der Waals surface area contributed by atoms with Gasteiger partial charge in [-0.3, -0.25) is 19.3 Å². The summed E-state index contributed by atoms with van der Waals surface area (Å²) < 4.78 is 37.2. The molecule has 2 aromatic rings. The molecule has 0 saturated carbocycles. The van der Waals surface area contributed by atoms with Crippen molar-refractivity contribution in [2.75, 3.05) is 25.0 Å². The van der Waals surface area contributed by atoms with Crippen LogP contribution in [0.2, 0.25) is 0 Å². The van der Waals surface area contributed by atoms with Crippen molar-refractivity contribution in [2.24, 2.45) is 0 Å². The molecule has 1 fully saturated rings. The van der Waals surface area contributed by atoms with Crippen LogP contribution in [-0.4, -0.2) is 54.5 Å². The van der Waals surface area contributed by atoms with E-state index in [0.29, 0.717) is 31.6 Å². The van der Waals surface area contributed by atoms with Crippen molar-refractivity contribution < 1.29 is 27.6 Å². The standard InChI is InChI=1S/C24H27F3N4O3/c1-16-8-10-17(11-9-16)13-28-22(33)18-5-2-3-6-19(18)30-21(32)14-31-12-4-7-20(31)23(34)29-15-24(25,26)27/h2-3,5-6,8-11,20H,4,7,12-15H2,1H3,(H,28,33)(H,29,34)(H,30,32). The topological polar surface area (TPSA) is 90.5 Å². The van der Waals surface area contributed by atoms with E-state index in [1.54, 1.807) is 29.2 Å². The van der Waals surface area contributed by atoms with Crippen LogP contribution in [0.1, 0.15) is 34.3 Å². The van der Waals surface area contributed by atoms with E-state index < -0.39 is 30.6 Å². The molecule has 7 nitrogen and oxygen atoms in total. The highest BCUT2D eigenvalue weighted by Gasteiger charge is 2.34. The lowest BCUT2D eigenvalue weighted by Crippen LogP contribution is -2.48. The molecule has 0 aromatic heterocycles. The molecule has 3 rings (SSSR count). The number of para-hydroxylation sites is 1. The van der Waals surface area contributed by atoms with Crippen LogP contribution in [0.5, 0.6) is 0 Å². The second-order valence-electron chi connectivity index (χ2n) is 8.22. The van der Waals surface area contributed by atoms with E-state index in [-0.39, 0.29) is 18.0 Å². The molecule has 0 bridgehead atoms. The van der Waals surface area contributed by atoms with Gasteiger partial charge in [-0.1, -0.05) is 42.0 Å². The molecule has 1 aliphatic rings. The largest absolute Gasteiger partial charge is 0.405 e. The van der Waals surface area contributed by atoms with E-state index in [0.717, 1.165) is 11.1 Å². The Bertz CT molecular complexity index is 1020. The van der Waals surface area contributed by atoms with E-state index in [4.69, 9.17) is 0 Å². The number of aryl methyl sites for hydroxylation is 1. The van der Waals surface area contributed by atoms with Crippen LogP contribution in [0.15, 0.2) is 48.5 Å². The molecule has 3 N–H and O–H groups in total. The lowest BCUT2D eigenvalue weighted by atomic mass is 10.1. The summed E-state index contributed by atoms with van der Waals surface area (Å²) in [6.07, 6.45) is -3.54. The molecule has 1 aliphatic heterocycles. The predicted molar refractivity (Wildman–Crippen MR) is 121 cm³/mol. The summed E-state index contributed by atoms with van der Waals surface area (Å²) in [6, 6.07) is 13.5. The molecular formula is C24H27F3N4O3. The van der Waals surface area contributed by atoms with E-state index in [1.165, 1.54) is 0 Å². The third-order valence-electron chi connectivity index (χ3n) is 5.50. The van der Waals surface area contributed by atoms with Gasteiger partial charge in [0, 0.05) is 6.54 Å². The number of carbonyl (C=O) groups is 3. The first-order valence-electron chi connectivity index (χ1n) is 10.9. The minimum atomic E-state index is -4.50. The number of amides is 3. The lowest BCUT2D eigenvalue weighted by molar-refractivity contribution is -0.141. The fourth-order valence-corrected chi connectivity index (χ4v) is 3.77. The van der Waals surface area contributed by atoms with Gasteiger partial charge in [0.1, 0.15) is 6.54 Å². The smallest absolute Gasteiger partial charge is 0.348 e. The van der Waals surface area contributed by atoms with Gasteiger partial charge >= 0.3 is 6.18 Å². The SMILES string of the molecule is Cc1ccc(CNC(=O)c2ccccc2NC(=O)CN2CCCC2C(=O)NCC(F)(F)F)cc1. The summed E-state index contributed by atoms with van der Waals surface area (Å²) in [5.74, 6) is -1.57. The van der Waals surface area contributed by atoms with Crippen molar-refractivity contribution in [3.63, 3.8) is 0 Å². The number of hydrogen-bond donors (Lipinski definition) is 3. The minimum absolute atomic E-state index is 0.177. The summed E-state index contributed by atoms with van der Waals surface area (Å²) in [5.41, 5.74) is 2.64. The lowest BCUT2D eigenvalue weighted by Gasteiger charge is -2.23. The van der Waals surface area contributed by atoms with Crippen LogP contribution < -0.4 is 16.0 Å². The van der Waals surface area contributed by atoms with Crippen LogP contribution in [-0.2, 0) is 16.1 Å². The van der Waals surface area contributed by atoms with Gasteiger partial charge in [-0.2, -0.15) is 13.2 Å². The number of benzene rings is 2. The predicted octanol–water partition coefficient (Wildman–Crippen LogP) is 3.01. The van der Waals surface area contributed by atoms with Crippen molar-refractivity contribution in [3.05, 3.63) is 65.2 Å². The zero-order valence-electron chi connectivity index (χ0n) is 18.7. The fourth-order valence-electron chi connectivity index (χ4n) is 3.77. The first-order chi connectivity index (χ1) is 16.1. The van der Waals surface area contributed by atoms with E-state index in [2.05, 4.69) is 10.6 Å². The van der Waals surface area contributed by atoms with Crippen molar-refractivity contribution in [2.45, 2.75) is 38.5 Å². The molecule has 1 unspecified atom stereocenters. The Morgan fingerprint density at radius 1 is 1.03 bits per heavy atom. The number of rotatable bonds is 8. The van der Waals surface area contributed by atoms with Crippen molar-refractivity contribution in [3.8, 4) is 0 Å². The molecule has 1 heterocycles. The van der Waals surface area contributed by atoms with Crippen molar-refractivity contribution in [1.29, 1.82) is 0 Å². The monoisotopic (exact) mass is 476 g/mol. The highest BCUT2D eigenvalue weighted by atomic mass is 19.4. The highest BCUT2D eigenvalue weighted by molar-refractivity contribution is 6.04. The van der Waals surface area contributed by atoms with E-state index in [9.17, 15) is 27.6 Å². The maximum atomic E-state index is 12.7.